The highest BCUT2D eigenvalue weighted by Gasteiger charge is 2.16. The molecule has 0 aromatic carbocycles. The Hall–Kier alpha value is -0.740. The van der Waals surface area contributed by atoms with Gasteiger partial charge in [0.2, 0.25) is 0 Å². The van der Waals surface area contributed by atoms with Gasteiger partial charge in [-0.15, -0.1) is 0 Å². The molecule has 1 aliphatic rings. The summed E-state index contributed by atoms with van der Waals surface area (Å²) in [6, 6.07) is 4.11. The fraction of sp³-hybridized carbons (Fsp3) is 0.583. The van der Waals surface area contributed by atoms with Crippen LogP contribution in [0.15, 0.2) is 18.3 Å². The van der Waals surface area contributed by atoms with Crippen LogP contribution in [0.25, 0.3) is 0 Å². The van der Waals surface area contributed by atoms with Crippen molar-refractivity contribution in [2.45, 2.75) is 19.4 Å². The minimum Gasteiger partial charge on any atom is -0.355 e. The van der Waals surface area contributed by atoms with Gasteiger partial charge in [0.1, 0.15) is 5.82 Å². The van der Waals surface area contributed by atoms with Gasteiger partial charge in [-0.05, 0) is 25.2 Å². The first kappa shape index (κ1) is 11.7. The van der Waals surface area contributed by atoms with E-state index in [1.54, 1.807) is 0 Å². The Morgan fingerprint density at radius 2 is 2.31 bits per heavy atom. The lowest BCUT2D eigenvalue weighted by Gasteiger charge is -2.24. The molecule has 2 N–H and O–H groups in total. The van der Waals surface area contributed by atoms with E-state index in [0.717, 1.165) is 24.5 Å². The summed E-state index contributed by atoms with van der Waals surface area (Å²) in [6.07, 6.45) is 3.10. The fourth-order valence-corrected chi connectivity index (χ4v) is 2.87. The Bertz CT molecular complexity index is 333. The maximum atomic E-state index is 5.99. The van der Waals surface area contributed by atoms with E-state index < -0.39 is 0 Å². The van der Waals surface area contributed by atoms with E-state index in [1.807, 2.05) is 30.9 Å². The number of hydrogen-bond acceptors (Lipinski definition) is 4. The zero-order chi connectivity index (χ0) is 11.4. The summed E-state index contributed by atoms with van der Waals surface area (Å²) < 4.78 is 0. The molecule has 2 rings (SSSR count). The monoisotopic (exact) mass is 237 g/mol. The van der Waals surface area contributed by atoms with Crippen LogP contribution in [0.4, 0.5) is 5.82 Å². The van der Waals surface area contributed by atoms with Crippen LogP contribution in [0.2, 0.25) is 0 Å². The van der Waals surface area contributed by atoms with Crippen molar-refractivity contribution >= 4 is 17.6 Å². The summed E-state index contributed by atoms with van der Waals surface area (Å²) in [4.78, 5) is 6.88. The van der Waals surface area contributed by atoms with Crippen LogP contribution in [0.1, 0.15) is 24.9 Å². The number of anilines is 1. The molecule has 0 spiro atoms. The standard InChI is InChI=1S/C12H19N3S/c1-10(13)11-4-2-5-14-12(11)15-6-3-8-16-9-7-15/h2,4-5,10H,3,6-9,13H2,1H3/t10-/m0/s1. The van der Waals surface area contributed by atoms with Crippen LogP contribution >= 0.6 is 11.8 Å². The third-order valence-electron chi connectivity index (χ3n) is 2.83. The first-order valence-electron chi connectivity index (χ1n) is 5.82. The van der Waals surface area contributed by atoms with E-state index in [0.29, 0.717) is 0 Å². The molecule has 1 aliphatic heterocycles. The lowest BCUT2D eigenvalue weighted by Crippen LogP contribution is -2.28. The Morgan fingerprint density at radius 3 is 3.12 bits per heavy atom. The summed E-state index contributed by atoms with van der Waals surface area (Å²) in [5.74, 6) is 3.53. The Kier molecular flexibility index (Phi) is 4.07. The molecule has 1 aromatic heterocycles. The molecule has 1 atom stereocenters. The van der Waals surface area contributed by atoms with Crippen LogP contribution in [0.5, 0.6) is 0 Å². The van der Waals surface area contributed by atoms with Crippen molar-refractivity contribution in [3.8, 4) is 0 Å². The van der Waals surface area contributed by atoms with Crippen molar-refractivity contribution in [3.63, 3.8) is 0 Å². The van der Waals surface area contributed by atoms with Crippen LogP contribution in [-0.2, 0) is 0 Å². The van der Waals surface area contributed by atoms with E-state index in [9.17, 15) is 0 Å². The third kappa shape index (κ3) is 2.68. The number of pyridine rings is 1. The molecular formula is C12H19N3S. The maximum Gasteiger partial charge on any atom is 0.133 e. The average molecular weight is 237 g/mol. The summed E-state index contributed by atoms with van der Waals surface area (Å²) in [6.45, 7) is 4.21. The largest absolute Gasteiger partial charge is 0.355 e. The summed E-state index contributed by atoms with van der Waals surface area (Å²) in [7, 11) is 0. The van der Waals surface area contributed by atoms with Gasteiger partial charge in [-0.1, -0.05) is 6.07 Å². The van der Waals surface area contributed by atoms with Gasteiger partial charge in [0, 0.05) is 36.6 Å². The van der Waals surface area contributed by atoms with Gasteiger partial charge in [0.15, 0.2) is 0 Å². The van der Waals surface area contributed by atoms with Gasteiger partial charge < -0.3 is 10.6 Å². The minimum absolute atomic E-state index is 0.0552. The second kappa shape index (κ2) is 5.55. The molecule has 0 amide bonds. The van der Waals surface area contributed by atoms with Gasteiger partial charge in [-0.25, -0.2) is 4.98 Å². The Morgan fingerprint density at radius 1 is 1.44 bits per heavy atom. The topological polar surface area (TPSA) is 42.1 Å². The quantitative estimate of drug-likeness (QED) is 0.855. The smallest absolute Gasteiger partial charge is 0.133 e. The van der Waals surface area contributed by atoms with Crippen molar-refractivity contribution in [2.24, 2.45) is 5.73 Å². The maximum absolute atomic E-state index is 5.99. The van der Waals surface area contributed by atoms with Gasteiger partial charge in [-0.2, -0.15) is 11.8 Å². The Labute approximate surface area is 101 Å². The number of thioether (sulfide) groups is 1. The first-order chi connectivity index (χ1) is 7.79. The highest BCUT2D eigenvalue weighted by molar-refractivity contribution is 7.99. The molecule has 16 heavy (non-hydrogen) atoms. The molecule has 1 fully saturated rings. The van der Waals surface area contributed by atoms with E-state index in [2.05, 4.69) is 16.0 Å². The lowest BCUT2D eigenvalue weighted by molar-refractivity contribution is 0.758. The molecule has 4 heteroatoms. The average Bonchev–Trinajstić information content (AvgIpc) is 2.57. The molecule has 88 valence electrons. The van der Waals surface area contributed by atoms with Crippen LogP contribution < -0.4 is 10.6 Å². The molecule has 3 nitrogen and oxygen atoms in total. The zero-order valence-electron chi connectivity index (χ0n) is 9.72. The number of rotatable bonds is 2. The first-order valence-corrected chi connectivity index (χ1v) is 6.97. The highest BCUT2D eigenvalue weighted by Crippen LogP contribution is 2.24. The molecule has 0 aliphatic carbocycles. The van der Waals surface area contributed by atoms with E-state index in [4.69, 9.17) is 5.73 Å². The fourth-order valence-electron chi connectivity index (χ4n) is 1.99. The SMILES string of the molecule is C[C@H](N)c1cccnc1N1CCCSCC1. The number of nitrogens with two attached hydrogens (primary N) is 1. The van der Waals surface area contributed by atoms with E-state index >= 15 is 0 Å². The van der Waals surface area contributed by atoms with Crippen LogP contribution in [-0.4, -0.2) is 29.6 Å². The predicted molar refractivity (Wildman–Crippen MR) is 71.0 cm³/mol. The molecule has 0 radical (unpaired) electrons. The molecule has 0 bridgehead atoms. The number of hydrogen-bond donors (Lipinski definition) is 1. The van der Waals surface area contributed by atoms with Gasteiger partial charge in [0.25, 0.3) is 0 Å². The van der Waals surface area contributed by atoms with Gasteiger partial charge in [-0.3, -0.25) is 0 Å². The second-order valence-corrected chi connectivity index (χ2v) is 5.38. The van der Waals surface area contributed by atoms with Gasteiger partial charge in [0.05, 0.1) is 0 Å². The summed E-state index contributed by atoms with van der Waals surface area (Å²) >= 11 is 2.03. The number of aromatic nitrogens is 1. The summed E-state index contributed by atoms with van der Waals surface area (Å²) in [5.41, 5.74) is 7.15. The molecule has 2 heterocycles. The molecule has 1 saturated heterocycles. The predicted octanol–water partition coefficient (Wildman–Crippen LogP) is 2.04. The molecular weight excluding hydrogens is 218 g/mol. The second-order valence-electron chi connectivity index (χ2n) is 4.16. The minimum atomic E-state index is 0.0552. The highest BCUT2D eigenvalue weighted by atomic mass is 32.2. The summed E-state index contributed by atoms with van der Waals surface area (Å²) in [5, 5.41) is 0. The van der Waals surface area contributed by atoms with Crippen LogP contribution in [0, 0.1) is 0 Å². The Balaban J connectivity index is 2.23. The van der Waals surface area contributed by atoms with Crippen molar-refractivity contribution in [1.82, 2.24) is 4.98 Å². The molecule has 0 saturated carbocycles. The molecule has 1 aromatic rings. The van der Waals surface area contributed by atoms with E-state index in [-0.39, 0.29) is 6.04 Å². The van der Waals surface area contributed by atoms with Crippen molar-refractivity contribution in [1.29, 1.82) is 0 Å². The van der Waals surface area contributed by atoms with Gasteiger partial charge >= 0.3 is 0 Å². The molecule has 0 unspecified atom stereocenters. The number of nitrogens with zero attached hydrogens (tertiary/aromatic N) is 2. The third-order valence-corrected chi connectivity index (χ3v) is 3.88. The lowest BCUT2D eigenvalue weighted by atomic mass is 10.1. The van der Waals surface area contributed by atoms with E-state index in [1.165, 1.54) is 17.9 Å². The normalized spacial score (nSPS) is 19.2. The van der Waals surface area contributed by atoms with Crippen molar-refractivity contribution in [3.05, 3.63) is 23.9 Å². The van der Waals surface area contributed by atoms with Crippen LogP contribution in [0.3, 0.4) is 0 Å². The van der Waals surface area contributed by atoms with Crippen molar-refractivity contribution < 1.29 is 0 Å². The zero-order valence-corrected chi connectivity index (χ0v) is 10.5. The van der Waals surface area contributed by atoms with Crippen molar-refractivity contribution in [2.75, 3.05) is 29.5 Å².